The van der Waals surface area contributed by atoms with E-state index in [2.05, 4.69) is 43.5 Å². The largest absolute Gasteiger partial charge is 0.462 e. The van der Waals surface area contributed by atoms with Crippen LogP contribution in [0.15, 0.2) is 35.6 Å². The lowest BCUT2D eigenvalue weighted by Gasteiger charge is -2.27. The fourth-order valence-electron chi connectivity index (χ4n) is 5.12. The number of allylic oxidation sites excluding steroid dienone is 5. The van der Waals surface area contributed by atoms with E-state index in [1.807, 2.05) is 4.58 Å². The summed E-state index contributed by atoms with van der Waals surface area (Å²) in [5, 5.41) is 31.5. The number of ether oxygens (including phenoxy) is 1. The monoisotopic (exact) mass is 547 g/mol. The van der Waals surface area contributed by atoms with E-state index in [1.165, 1.54) is 0 Å². The second kappa shape index (κ2) is 17.7. The van der Waals surface area contributed by atoms with E-state index in [4.69, 9.17) is 21.6 Å². The van der Waals surface area contributed by atoms with Gasteiger partial charge in [0.15, 0.2) is 0 Å². The van der Waals surface area contributed by atoms with Crippen molar-refractivity contribution in [3.05, 3.63) is 35.6 Å². The van der Waals surface area contributed by atoms with Gasteiger partial charge in [-0.15, -0.1) is 0 Å². The molecule has 1 saturated heterocycles. The first-order valence-electron chi connectivity index (χ1n) is 14.7. The molecule has 10 heteroatoms. The van der Waals surface area contributed by atoms with Crippen LogP contribution >= 0.6 is 0 Å². The lowest BCUT2D eigenvalue weighted by atomic mass is 9.97. The van der Waals surface area contributed by atoms with Crippen molar-refractivity contribution in [2.45, 2.75) is 116 Å². The fraction of sp³-hybridized carbons (Fsp3) is 0.690. The van der Waals surface area contributed by atoms with Crippen molar-refractivity contribution in [3.63, 3.8) is 0 Å². The molecule has 0 radical (unpaired) electrons. The lowest BCUT2D eigenvalue weighted by molar-refractivity contribution is -0.510. The Morgan fingerprint density at radius 3 is 2.51 bits per heavy atom. The number of hydroxylamine groups is 2. The Labute approximate surface area is 233 Å². The van der Waals surface area contributed by atoms with E-state index in [1.54, 1.807) is 0 Å². The number of nitrogens with two attached hydrogens (primary N) is 2. The van der Waals surface area contributed by atoms with Crippen molar-refractivity contribution in [3.8, 4) is 0 Å². The molecule has 10 nitrogen and oxygen atoms in total. The van der Waals surface area contributed by atoms with E-state index in [0.29, 0.717) is 48.7 Å². The molecule has 0 aliphatic carbocycles. The molecule has 8 N–H and O–H groups in total. The summed E-state index contributed by atoms with van der Waals surface area (Å²) in [7, 11) is 0. The van der Waals surface area contributed by atoms with Crippen LogP contribution in [-0.4, -0.2) is 69.2 Å². The van der Waals surface area contributed by atoms with Crippen LogP contribution in [-0.2, 0) is 9.53 Å². The van der Waals surface area contributed by atoms with Crippen LogP contribution in [0.4, 0.5) is 0 Å². The smallest absolute Gasteiger partial charge is 0.348 e. The lowest BCUT2D eigenvalue weighted by Crippen LogP contribution is -2.53. The van der Waals surface area contributed by atoms with Gasteiger partial charge in [0.2, 0.25) is 5.96 Å². The van der Waals surface area contributed by atoms with Gasteiger partial charge in [-0.2, -0.15) is 0 Å². The number of nitrogens with zero attached hydrogens (tertiary/aromatic N) is 2. The summed E-state index contributed by atoms with van der Waals surface area (Å²) >= 11 is 0. The van der Waals surface area contributed by atoms with Gasteiger partial charge < -0.3 is 15.6 Å². The summed E-state index contributed by atoms with van der Waals surface area (Å²) < 4.78 is 7.68. The van der Waals surface area contributed by atoms with Gasteiger partial charge in [-0.05, 0) is 57.8 Å². The molecule has 1 fully saturated rings. The first-order valence-corrected chi connectivity index (χ1v) is 14.7. The molecule has 0 spiro atoms. The number of unbranched alkanes of at least 4 members (excludes halogenated alkanes) is 3. The number of hydrogen-bond donors (Lipinski definition) is 6. The number of aliphatic hydroxyl groups excluding tert-OH is 1. The highest BCUT2D eigenvalue weighted by Crippen LogP contribution is 2.33. The first kappa shape index (κ1) is 32.4. The molecule has 39 heavy (non-hydrogen) atoms. The summed E-state index contributed by atoms with van der Waals surface area (Å²) in [6.45, 7) is 4.70. The number of fused-ring (bicyclic) bond motifs is 1. The third-order valence-corrected chi connectivity index (χ3v) is 7.18. The highest BCUT2D eigenvalue weighted by molar-refractivity contribution is 5.92. The van der Waals surface area contributed by atoms with Crippen molar-refractivity contribution in [2.24, 2.45) is 11.5 Å². The minimum absolute atomic E-state index is 0.0254. The van der Waals surface area contributed by atoms with Gasteiger partial charge in [0.25, 0.3) is 0 Å². The van der Waals surface area contributed by atoms with E-state index >= 15 is 0 Å². The molecule has 0 bridgehead atoms. The minimum atomic E-state index is -0.439. The zero-order valence-electron chi connectivity index (χ0n) is 23.9. The van der Waals surface area contributed by atoms with Crippen LogP contribution in [0.3, 0.4) is 0 Å². The Balaban J connectivity index is 2.09. The second-order valence-electron chi connectivity index (χ2n) is 10.4. The summed E-state index contributed by atoms with van der Waals surface area (Å²) in [5.41, 5.74) is 13.3. The zero-order chi connectivity index (χ0) is 28.6. The van der Waals surface area contributed by atoms with Crippen molar-refractivity contribution in [1.29, 1.82) is 5.41 Å². The van der Waals surface area contributed by atoms with E-state index in [0.717, 1.165) is 57.1 Å². The number of carbonyl (C=O) groups is 1. The topological polar surface area (TPSA) is 161 Å². The maximum absolute atomic E-state index is 13.4. The number of aliphatic hydroxyl groups is 1. The average Bonchev–Trinajstić information content (AvgIpc) is 3.31. The van der Waals surface area contributed by atoms with Crippen LogP contribution in [0.2, 0.25) is 0 Å². The van der Waals surface area contributed by atoms with E-state index in [-0.39, 0.29) is 31.2 Å². The third kappa shape index (κ3) is 10.7. The zero-order valence-corrected chi connectivity index (χ0v) is 23.9. The highest BCUT2D eigenvalue weighted by atomic mass is 16.5. The Morgan fingerprint density at radius 2 is 1.85 bits per heavy atom. The predicted octanol–water partition coefficient (Wildman–Crippen LogP) is 3.63. The fourth-order valence-corrected chi connectivity index (χ4v) is 5.12. The quantitative estimate of drug-likeness (QED) is 0.0288. The SMILES string of the molecule is CCC/C=C\CC[C@@H](O)C[C@H]1CCC2=C(C(=O)OCCCCN(O)C(=N)N)[C@H](CC/C=C\CCC)NC(N)=[N+]21. The maximum Gasteiger partial charge on any atom is 0.348 e. The maximum atomic E-state index is 13.4. The minimum Gasteiger partial charge on any atom is -0.462 e. The van der Waals surface area contributed by atoms with Crippen molar-refractivity contribution >= 4 is 17.9 Å². The molecule has 2 rings (SSSR count). The molecule has 3 atom stereocenters. The Kier molecular flexibility index (Phi) is 14.7. The molecule has 2 aliphatic heterocycles. The van der Waals surface area contributed by atoms with Gasteiger partial charge in [0.1, 0.15) is 11.6 Å². The molecule has 0 saturated carbocycles. The first-order chi connectivity index (χ1) is 18.8. The van der Waals surface area contributed by atoms with Gasteiger partial charge in [-0.1, -0.05) is 51.0 Å². The van der Waals surface area contributed by atoms with Crippen LogP contribution in [0.5, 0.6) is 0 Å². The number of esters is 1. The van der Waals surface area contributed by atoms with E-state index < -0.39 is 12.1 Å². The van der Waals surface area contributed by atoms with Gasteiger partial charge in [-0.25, -0.2) is 14.4 Å². The molecule has 220 valence electrons. The van der Waals surface area contributed by atoms with Crippen molar-refractivity contribution in [1.82, 2.24) is 10.4 Å². The molecule has 2 heterocycles. The summed E-state index contributed by atoms with van der Waals surface area (Å²) in [5.74, 6) is -0.230. The average molecular weight is 548 g/mol. The molecule has 0 aromatic rings. The van der Waals surface area contributed by atoms with Gasteiger partial charge >= 0.3 is 11.9 Å². The van der Waals surface area contributed by atoms with Crippen LogP contribution < -0.4 is 16.8 Å². The van der Waals surface area contributed by atoms with Crippen LogP contribution in [0, 0.1) is 5.41 Å². The number of rotatable bonds is 18. The number of carbonyl (C=O) groups excluding carboxylic acids is 1. The Morgan fingerprint density at radius 1 is 1.18 bits per heavy atom. The van der Waals surface area contributed by atoms with Crippen LogP contribution in [0.1, 0.15) is 97.3 Å². The molecular formula is C29H51N6O4+. The van der Waals surface area contributed by atoms with Crippen molar-refractivity contribution in [2.75, 3.05) is 13.2 Å². The summed E-state index contributed by atoms with van der Waals surface area (Å²) in [6, 6.07) is -0.217. The van der Waals surface area contributed by atoms with Crippen LogP contribution in [0.25, 0.3) is 0 Å². The summed E-state index contributed by atoms with van der Waals surface area (Å²) in [4.78, 5) is 13.4. The Bertz CT molecular complexity index is 913. The summed E-state index contributed by atoms with van der Waals surface area (Å²) in [6.07, 6.45) is 18.8. The highest BCUT2D eigenvalue weighted by Gasteiger charge is 2.43. The molecule has 0 amide bonds. The standard InChI is InChI=1S/C29H50N6O4/c1-3-5-7-9-11-15-23(36)21-22-17-18-25-26(27(37)39-20-14-13-19-34(38)28(30)31)24(33-29(32)35(22)25)16-12-10-8-6-4-2/h7-10,22-24,36,38H,3-6,11-21H2,1-2H3,(H5,30,31,32,33)/p+1/b9-7-,10-8-/t22-,23-,24+/m1/s1. The van der Waals surface area contributed by atoms with Crippen molar-refractivity contribution < 1.29 is 24.4 Å². The Hall–Kier alpha value is -2.85. The number of hydrogen-bond acceptors (Lipinski definition) is 7. The van der Waals surface area contributed by atoms with Gasteiger partial charge in [0, 0.05) is 19.4 Å². The molecule has 0 unspecified atom stereocenters. The number of nitrogens with one attached hydrogen (secondary N) is 2. The normalized spacial score (nSPS) is 20.0. The van der Waals surface area contributed by atoms with E-state index in [9.17, 15) is 15.1 Å². The molecule has 0 aromatic carbocycles. The predicted molar refractivity (Wildman–Crippen MR) is 154 cm³/mol. The van der Waals surface area contributed by atoms with Gasteiger partial charge in [0.05, 0.1) is 24.4 Å². The molecule has 2 aliphatic rings. The van der Waals surface area contributed by atoms with Gasteiger partial charge in [-0.3, -0.25) is 21.7 Å². The second-order valence-corrected chi connectivity index (χ2v) is 10.4. The molecular weight excluding hydrogens is 496 g/mol. The third-order valence-electron chi connectivity index (χ3n) is 7.18. The molecule has 0 aromatic heterocycles. The number of guanidine groups is 2.